The van der Waals surface area contributed by atoms with E-state index in [0.29, 0.717) is 0 Å². The highest BCUT2D eigenvalue weighted by molar-refractivity contribution is 7.90. The van der Waals surface area contributed by atoms with Gasteiger partial charge in [-0.1, -0.05) is 72.5 Å². The average Bonchev–Trinajstić information content (AvgIpc) is 2.64. The van der Waals surface area contributed by atoms with Crippen LogP contribution in [0.15, 0.2) is 48.5 Å². The molecule has 2 aromatic carbocycles. The number of benzene rings is 2. The van der Waals surface area contributed by atoms with E-state index >= 15 is 0 Å². The number of sulfone groups is 1. The molecule has 110 valence electrons. The Bertz CT molecular complexity index is 847. The van der Waals surface area contributed by atoms with Crippen LogP contribution in [-0.4, -0.2) is 20.4 Å². The zero-order valence-electron chi connectivity index (χ0n) is 12.3. The fraction of sp³-hybridized carbons (Fsp3) is 0.158. The van der Waals surface area contributed by atoms with E-state index in [4.69, 9.17) is 0 Å². The highest BCUT2D eigenvalue weighted by Crippen LogP contribution is 2.33. The van der Waals surface area contributed by atoms with Gasteiger partial charge in [-0.3, -0.25) is 0 Å². The second kappa shape index (κ2) is 5.82. The molecule has 0 aliphatic heterocycles. The standard InChI is InChI=1S/C19H16O2S/c1-22(20,21)14-6-11-19-17-9-4-2-7-15(17)12-13-16-8-3-5-10-18(16)19/h2-5,7-10,12-13,19H,14H2,1H3. The molecule has 0 N–H and O–H groups in total. The second-order valence-electron chi connectivity index (χ2n) is 5.42. The van der Waals surface area contributed by atoms with Crippen molar-refractivity contribution in [2.75, 3.05) is 12.0 Å². The van der Waals surface area contributed by atoms with E-state index in [9.17, 15) is 8.42 Å². The lowest BCUT2D eigenvalue weighted by molar-refractivity contribution is 0.605. The van der Waals surface area contributed by atoms with Gasteiger partial charge in [0.1, 0.15) is 5.75 Å². The third-order valence-electron chi connectivity index (χ3n) is 3.64. The summed E-state index contributed by atoms with van der Waals surface area (Å²) in [6.07, 6.45) is 5.39. The molecule has 0 amide bonds. The molecule has 22 heavy (non-hydrogen) atoms. The lowest BCUT2D eigenvalue weighted by atomic mass is 9.88. The Labute approximate surface area is 131 Å². The summed E-state index contributed by atoms with van der Waals surface area (Å²) >= 11 is 0. The van der Waals surface area contributed by atoms with E-state index in [2.05, 4.69) is 48.3 Å². The molecule has 0 atom stereocenters. The molecule has 1 aliphatic carbocycles. The zero-order chi connectivity index (χ0) is 15.6. The first kappa shape index (κ1) is 14.6. The van der Waals surface area contributed by atoms with Gasteiger partial charge in [0.05, 0.1) is 5.92 Å². The molecular formula is C19H16O2S. The van der Waals surface area contributed by atoms with Crippen molar-refractivity contribution in [3.8, 4) is 11.8 Å². The van der Waals surface area contributed by atoms with Crippen molar-refractivity contribution >= 4 is 22.0 Å². The summed E-state index contributed by atoms with van der Waals surface area (Å²) < 4.78 is 22.6. The second-order valence-corrected chi connectivity index (χ2v) is 7.56. The maximum Gasteiger partial charge on any atom is 0.158 e. The minimum absolute atomic E-state index is 0.107. The predicted octanol–water partition coefficient (Wildman–Crippen LogP) is 3.35. The molecule has 3 rings (SSSR count). The van der Waals surface area contributed by atoms with E-state index in [-0.39, 0.29) is 11.7 Å². The molecule has 0 saturated heterocycles. The molecule has 2 aromatic rings. The number of hydrogen-bond donors (Lipinski definition) is 0. The smallest absolute Gasteiger partial charge is 0.158 e. The lowest BCUT2D eigenvalue weighted by Gasteiger charge is -2.14. The van der Waals surface area contributed by atoms with Crippen LogP contribution in [0.25, 0.3) is 12.2 Å². The van der Waals surface area contributed by atoms with Crippen molar-refractivity contribution in [2.24, 2.45) is 0 Å². The Kier molecular flexibility index (Phi) is 3.87. The molecule has 0 radical (unpaired) electrons. The van der Waals surface area contributed by atoms with Crippen molar-refractivity contribution in [1.82, 2.24) is 0 Å². The quantitative estimate of drug-likeness (QED) is 0.757. The topological polar surface area (TPSA) is 34.1 Å². The van der Waals surface area contributed by atoms with E-state index in [1.807, 2.05) is 24.3 Å². The lowest BCUT2D eigenvalue weighted by Crippen LogP contribution is -2.04. The SMILES string of the molecule is CS(=O)(=O)CC#CC1c2ccccc2C=Cc2ccccc21. The minimum atomic E-state index is -3.08. The normalized spacial score (nSPS) is 13.5. The Morgan fingerprint density at radius 3 is 1.91 bits per heavy atom. The van der Waals surface area contributed by atoms with E-state index in [1.54, 1.807) is 0 Å². The van der Waals surface area contributed by atoms with Crippen molar-refractivity contribution in [1.29, 1.82) is 0 Å². The van der Waals surface area contributed by atoms with Gasteiger partial charge in [-0.15, -0.1) is 0 Å². The molecule has 0 unspecified atom stereocenters. The molecule has 0 spiro atoms. The Morgan fingerprint density at radius 2 is 1.41 bits per heavy atom. The maximum absolute atomic E-state index is 11.3. The van der Waals surface area contributed by atoms with Crippen molar-refractivity contribution in [3.05, 3.63) is 70.8 Å². The van der Waals surface area contributed by atoms with Crippen molar-refractivity contribution in [3.63, 3.8) is 0 Å². The Hall–Kier alpha value is -2.31. The molecule has 3 heteroatoms. The van der Waals surface area contributed by atoms with Crippen LogP contribution in [0.3, 0.4) is 0 Å². The molecule has 0 heterocycles. The highest BCUT2D eigenvalue weighted by atomic mass is 32.2. The molecule has 1 aliphatic rings. The zero-order valence-corrected chi connectivity index (χ0v) is 13.1. The number of fused-ring (bicyclic) bond motifs is 2. The fourth-order valence-electron chi connectivity index (χ4n) is 2.63. The molecule has 0 aromatic heterocycles. The Morgan fingerprint density at radius 1 is 0.909 bits per heavy atom. The van der Waals surface area contributed by atoms with Crippen LogP contribution < -0.4 is 0 Å². The molecule has 2 nitrogen and oxygen atoms in total. The summed E-state index contributed by atoms with van der Waals surface area (Å²) in [4.78, 5) is 0. The van der Waals surface area contributed by atoms with Gasteiger partial charge in [0.15, 0.2) is 9.84 Å². The maximum atomic E-state index is 11.3. The van der Waals surface area contributed by atoms with Crippen LogP contribution in [0.5, 0.6) is 0 Å². The monoisotopic (exact) mass is 308 g/mol. The molecule has 0 fully saturated rings. The fourth-order valence-corrected chi connectivity index (χ4v) is 2.97. The summed E-state index contributed by atoms with van der Waals surface area (Å²) in [6, 6.07) is 16.2. The van der Waals surface area contributed by atoms with E-state index in [1.165, 1.54) is 6.26 Å². The molecular weight excluding hydrogens is 292 g/mol. The summed E-state index contributed by atoms with van der Waals surface area (Å²) in [6.45, 7) is 0. The third-order valence-corrected chi connectivity index (χ3v) is 4.31. The van der Waals surface area contributed by atoms with Crippen LogP contribution >= 0.6 is 0 Å². The van der Waals surface area contributed by atoms with Crippen molar-refractivity contribution in [2.45, 2.75) is 5.92 Å². The first-order valence-electron chi connectivity index (χ1n) is 7.07. The number of rotatable bonds is 1. The third kappa shape index (κ3) is 3.13. The minimum Gasteiger partial charge on any atom is -0.228 e. The molecule has 0 saturated carbocycles. The largest absolute Gasteiger partial charge is 0.228 e. The number of hydrogen-bond acceptors (Lipinski definition) is 2. The van der Waals surface area contributed by atoms with Gasteiger partial charge >= 0.3 is 0 Å². The van der Waals surface area contributed by atoms with Crippen LogP contribution in [0.4, 0.5) is 0 Å². The average molecular weight is 308 g/mol. The van der Waals surface area contributed by atoms with Gasteiger partial charge in [0, 0.05) is 6.26 Å². The van der Waals surface area contributed by atoms with Crippen LogP contribution in [-0.2, 0) is 9.84 Å². The van der Waals surface area contributed by atoms with Gasteiger partial charge in [-0.05, 0) is 22.3 Å². The van der Waals surface area contributed by atoms with E-state index < -0.39 is 9.84 Å². The first-order chi connectivity index (χ1) is 10.5. The molecule has 0 bridgehead atoms. The first-order valence-corrected chi connectivity index (χ1v) is 9.13. The summed E-state index contributed by atoms with van der Waals surface area (Å²) in [7, 11) is -3.08. The van der Waals surface area contributed by atoms with Crippen LogP contribution in [0.1, 0.15) is 28.2 Å². The van der Waals surface area contributed by atoms with Gasteiger partial charge in [-0.2, -0.15) is 0 Å². The van der Waals surface area contributed by atoms with Crippen LogP contribution in [0.2, 0.25) is 0 Å². The van der Waals surface area contributed by atoms with E-state index in [0.717, 1.165) is 22.3 Å². The van der Waals surface area contributed by atoms with Gasteiger partial charge < -0.3 is 0 Å². The summed E-state index contributed by atoms with van der Waals surface area (Å²) in [5.74, 6) is 5.78. The van der Waals surface area contributed by atoms with Gasteiger partial charge in [0.2, 0.25) is 0 Å². The predicted molar refractivity (Wildman–Crippen MR) is 91.1 cm³/mol. The highest BCUT2D eigenvalue weighted by Gasteiger charge is 2.19. The summed E-state index contributed by atoms with van der Waals surface area (Å²) in [5, 5.41) is 0. The van der Waals surface area contributed by atoms with Crippen LogP contribution in [0, 0.1) is 11.8 Å². The van der Waals surface area contributed by atoms with Gasteiger partial charge in [-0.25, -0.2) is 8.42 Å². The van der Waals surface area contributed by atoms with Crippen molar-refractivity contribution < 1.29 is 8.42 Å². The van der Waals surface area contributed by atoms with Gasteiger partial charge in [0.25, 0.3) is 0 Å². The Balaban J connectivity index is 2.13. The summed E-state index contributed by atoms with van der Waals surface area (Å²) in [5.41, 5.74) is 4.48.